The Labute approximate surface area is 247 Å². The van der Waals surface area contributed by atoms with E-state index in [1.54, 1.807) is 19.1 Å². The number of hydrogen-bond acceptors (Lipinski definition) is 4. The van der Waals surface area contributed by atoms with E-state index in [1.165, 1.54) is 12.2 Å². The Morgan fingerprint density at radius 2 is 1.88 bits per heavy atom. The molecule has 3 rings (SSSR count). The number of nitrogens with one attached hydrogen (secondary N) is 1. The highest BCUT2D eigenvalue weighted by Crippen LogP contribution is 2.24. The van der Waals surface area contributed by atoms with Gasteiger partial charge >= 0.3 is 5.97 Å². The Morgan fingerprint density at radius 3 is 2.60 bits per heavy atom. The van der Waals surface area contributed by atoms with Gasteiger partial charge in [-0.3, -0.25) is 9.59 Å². The maximum Gasteiger partial charge on any atom is 0.303 e. The topological polar surface area (TPSA) is 84.9 Å². The minimum absolute atomic E-state index is 0.0723. The lowest BCUT2D eigenvalue weighted by atomic mass is 10.0. The van der Waals surface area contributed by atoms with Gasteiger partial charge in [0, 0.05) is 6.42 Å². The van der Waals surface area contributed by atoms with E-state index in [4.69, 9.17) is 9.47 Å². The Morgan fingerprint density at radius 1 is 1.12 bits per heavy atom. The number of hydrogen-bond donors (Lipinski definition) is 2. The van der Waals surface area contributed by atoms with Crippen molar-refractivity contribution in [1.29, 1.82) is 0 Å². The van der Waals surface area contributed by atoms with E-state index in [2.05, 4.69) is 11.9 Å². The summed E-state index contributed by atoms with van der Waals surface area (Å²) in [7, 11) is 0. The summed E-state index contributed by atoms with van der Waals surface area (Å²) in [5.41, 5.74) is 2.96. The molecule has 2 aromatic rings. The molecule has 1 atom stereocenters. The van der Waals surface area contributed by atoms with E-state index in [1.807, 2.05) is 66.7 Å². The first kappa shape index (κ1) is 31.9. The number of ether oxygens (including phenoxy) is 2. The molecule has 42 heavy (non-hydrogen) atoms. The van der Waals surface area contributed by atoms with Crippen LogP contribution >= 0.6 is 0 Å². The Balaban J connectivity index is 1.59. The van der Waals surface area contributed by atoms with Gasteiger partial charge in [0.1, 0.15) is 29.7 Å². The first-order valence-corrected chi connectivity index (χ1v) is 14.0. The highest BCUT2D eigenvalue weighted by atomic mass is 19.1. The molecule has 220 valence electrons. The summed E-state index contributed by atoms with van der Waals surface area (Å²) in [5.74, 6) is 0.270. The fourth-order valence-electron chi connectivity index (χ4n) is 4.27. The second-order valence-electron chi connectivity index (χ2n) is 9.88. The highest BCUT2D eigenvalue weighted by molar-refractivity contribution is 5.87. The zero-order chi connectivity index (χ0) is 30.2. The summed E-state index contributed by atoms with van der Waals surface area (Å²) in [6, 6.07) is 16.7. The fourth-order valence-corrected chi connectivity index (χ4v) is 4.27. The van der Waals surface area contributed by atoms with Crippen molar-refractivity contribution < 1.29 is 28.6 Å². The SMILES string of the molecule is C=C/C(F)=C\C=C(/C)OC1=CCCCC(COc2ccc(C(CCC(=O)O)NC(=O)/C=C/Cc3ccccc3)cc2)=C1. The number of allylic oxidation sites excluding steroid dienone is 8. The molecule has 0 aromatic heterocycles. The molecule has 0 spiro atoms. The quantitative estimate of drug-likeness (QED) is 0.129. The van der Waals surface area contributed by atoms with Gasteiger partial charge in [-0.1, -0.05) is 55.1 Å². The fraction of sp³-hybridized carbons (Fsp3) is 0.257. The molecule has 0 aliphatic heterocycles. The molecule has 0 fully saturated rings. The van der Waals surface area contributed by atoms with Gasteiger partial charge in [-0.15, -0.1) is 0 Å². The molecule has 1 aliphatic rings. The first-order chi connectivity index (χ1) is 20.3. The molecule has 0 heterocycles. The molecule has 0 saturated heterocycles. The molecule has 0 saturated carbocycles. The average molecular weight is 572 g/mol. The molecule has 0 bridgehead atoms. The van der Waals surface area contributed by atoms with Crippen molar-refractivity contribution in [3.8, 4) is 5.75 Å². The molecule has 2 aromatic carbocycles. The van der Waals surface area contributed by atoms with Crippen LogP contribution in [0.3, 0.4) is 0 Å². The van der Waals surface area contributed by atoms with Crippen LogP contribution in [0, 0.1) is 0 Å². The molecular formula is C35H38FNO5. The van der Waals surface area contributed by atoms with Crippen molar-refractivity contribution in [2.24, 2.45) is 0 Å². The summed E-state index contributed by atoms with van der Waals surface area (Å²) in [4.78, 5) is 23.8. The van der Waals surface area contributed by atoms with E-state index < -0.39 is 17.8 Å². The van der Waals surface area contributed by atoms with Crippen LogP contribution in [0.2, 0.25) is 0 Å². The van der Waals surface area contributed by atoms with Crippen LogP contribution in [-0.4, -0.2) is 23.6 Å². The van der Waals surface area contributed by atoms with Gasteiger partial charge in [-0.25, -0.2) is 4.39 Å². The number of carbonyl (C=O) groups excluding carboxylic acids is 1. The zero-order valence-corrected chi connectivity index (χ0v) is 23.9. The Hall–Kier alpha value is -4.65. The summed E-state index contributed by atoms with van der Waals surface area (Å²) in [6.45, 7) is 5.53. The van der Waals surface area contributed by atoms with Crippen LogP contribution < -0.4 is 10.1 Å². The van der Waals surface area contributed by atoms with E-state index in [-0.39, 0.29) is 18.7 Å². The molecular weight excluding hydrogens is 533 g/mol. The lowest BCUT2D eigenvalue weighted by Crippen LogP contribution is -2.27. The minimum atomic E-state index is -0.922. The molecule has 7 heteroatoms. The third-order valence-corrected chi connectivity index (χ3v) is 6.48. The van der Waals surface area contributed by atoms with Crippen LogP contribution in [0.4, 0.5) is 4.39 Å². The summed E-state index contributed by atoms with van der Waals surface area (Å²) in [5, 5.41) is 12.1. The van der Waals surface area contributed by atoms with Crippen molar-refractivity contribution in [2.45, 2.75) is 51.5 Å². The van der Waals surface area contributed by atoms with E-state index in [0.29, 0.717) is 30.3 Å². The number of amides is 1. The van der Waals surface area contributed by atoms with Gasteiger partial charge in [-0.2, -0.15) is 0 Å². The number of aliphatic carboxylic acids is 1. The summed E-state index contributed by atoms with van der Waals surface area (Å²) in [6.07, 6.45) is 14.7. The van der Waals surface area contributed by atoms with Gasteiger partial charge in [0.2, 0.25) is 5.91 Å². The number of carbonyl (C=O) groups is 2. The third-order valence-electron chi connectivity index (χ3n) is 6.48. The van der Waals surface area contributed by atoms with E-state index >= 15 is 0 Å². The van der Waals surface area contributed by atoms with Crippen LogP contribution in [0.25, 0.3) is 0 Å². The van der Waals surface area contributed by atoms with Gasteiger partial charge in [0.25, 0.3) is 0 Å². The maximum atomic E-state index is 13.3. The molecule has 6 nitrogen and oxygen atoms in total. The average Bonchev–Trinajstić information content (AvgIpc) is 3.22. The molecule has 1 unspecified atom stereocenters. The van der Waals surface area contributed by atoms with Crippen molar-refractivity contribution in [3.05, 3.63) is 138 Å². The second-order valence-corrected chi connectivity index (χ2v) is 9.88. The standard InChI is InChI=1S/C35H38FNO5/c1-3-30(36)19-16-26(2)42-32-14-8-7-12-28(24-32)25-41-31-20-17-29(18-21-31)33(22-23-35(39)40)37-34(38)15-9-13-27-10-5-4-6-11-27/h3-6,9-11,14-21,24,33H,1,7-8,12-13,22-23,25H2,2H3,(H,37,38)(H,39,40)/b15-9+,26-16+,30-19+. The minimum Gasteiger partial charge on any atom is -0.489 e. The first-order valence-electron chi connectivity index (χ1n) is 14.0. The van der Waals surface area contributed by atoms with Gasteiger partial charge in [0.05, 0.1) is 6.04 Å². The van der Waals surface area contributed by atoms with Crippen LogP contribution in [0.5, 0.6) is 5.75 Å². The largest absolute Gasteiger partial charge is 0.489 e. The van der Waals surface area contributed by atoms with Crippen LogP contribution in [0.1, 0.15) is 56.2 Å². The monoisotopic (exact) mass is 571 g/mol. The molecule has 2 N–H and O–H groups in total. The number of carboxylic acid groups (broad SMARTS) is 1. The van der Waals surface area contributed by atoms with Crippen molar-refractivity contribution in [3.63, 3.8) is 0 Å². The smallest absolute Gasteiger partial charge is 0.303 e. The van der Waals surface area contributed by atoms with Crippen molar-refractivity contribution in [1.82, 2.24) is 5.32 Å². The maximum absolute atomic E-state index is 13.3. The summed E-state index contributed by atoms with van der Waals surface area (Å²) < 4.78 is 25.2. The lowest BCUT2D eigenvalue weighted by molar-refractivity contribution is -0.137. The lowest BCUT2D eigenvalue weighted by Gasteiger charge is -2.18. The van der Waals surface area contributed by atoms with Gasteiger partial charge in [0.15, 0.2) is 0 Å². The summed E-state index contributed by atoms with van der Waals surface area (Å²) >= 11 is 0. The molecule has 1 aliphatic carbocycles. The third kappa shape index (κ3) is 11.8. The van der Waals surface area contributed by atoms with Crippen molar-refractivity contribution in [2.75, 3.05) is 6.61 Å². The second kappa shape index (κ2) is 17.2. The Kier molecular flexibility index (Phi) is 13.1. The number of carboxylic acids is 1. The predicted molar refractivity (Wildman–Crippen MR) is 163 cm³/mol. The number of halogens is 1. The van der Waals surface area contributed by atoms with Gasteiger partial charge < -0.3 is 19.9 Å². The van der Waals surface area contributed by atoms with Gasteiger partial charge in [-0.05, 0) is 104 Å². The number of rotatable bonds is 15. The van der Waals surface area contributed by atoms with E-state index in [9.17, 15) is 19.1 Å². The molecule has 0 radical (unpaired) electrons. The predicted octanol–water partition coefficient (Wildman–Crippen LogP) is 7.84. The van der Waals surface area contributed by atoms with Crippen LogP contribution in [0.15, 0.2) is 127 Å². The van der Waals surface area contributed by atoms with Crippen LogP contribution in [-0.2, 0) is 20.7 Å². The number of benzene rings is 2. The molecule has 1 amide bonds. The normalized spacial score (nSPS) is 14.8. The van der Waals surface area contributed by atoms with Crippen molar-refractivity contribution >= 4 is 11.9 Å². The van der Waals surface area contributed by atoms with E-state index in [0.717, 1.165) is 42.0 Å². The Bertz CT molecular complexity index is 1350. The highest BCUT2D eigenvalue weighted by Gasteiger charge is 2.16. The zero-order valence-electron chi connectivity index (χ0n) is 23.9.